The van der Waals surface area contributed by atoms with Gasteiger partial charge in [0, 0.05) is 11.1 Å². The molecule has 0 amide bonds. The summed E-state index contributed by atoms with van der Waals surface area (Å²) in [6, 6.07) is 12.1. The predicted octanol–water partition coefficient (Wildman–Crippen LogP) is 7.18. The van der Waals surface area contributed by atoms with E-state index in [-0.39, 0.29) is 10.8 Å². The van der Waals surface area contributed by atoms with E-state index < -0.39 is 0 Å². The van der Waals surface area contributed by atoms with E-state index in [4.69, 9.17) is 25.8 Å². The maximum absolute atomic E-state index is 6.25. The summed E-state index contributed by atoms with van der Waals surface area (Å²) in [6.07, 6.45) is 1.92. The number of hydrogen-bond donors (Lipinski definition) is 0. The first-order chi connectivity index (χ1) is 13.5. The molecule has 29 heavy (non-hydrogen) atoms. The van der Waals surface area contributed by atoms with Crippen LogP contribution < -0.4 is 14.2 Å². The van der Waals surface area contributed by atoms with Crippen molar-refractivity contribution in [1.29, 1.82) is 0 Å². The Morgan fingerprint density at radius 1 is 0.793 bits per heavy atom. The summed E-state index contributed by atoms with van der Waals surface area (Å²) in [7, 11) is 1.67. The Morgan fingerprint density at radius 2 is 1.41 bits per heavy atom. The maximum Gasteiger partial charge on any atom is 0.123 e. The molecule has 0 heterocycles. The maximum atomic E-state index is 6.25. The Bertz CT molecular complexity index is 806. The van der Waals surface area contributed by atoms with Gasteiger partial charge in [0.1, 0.15) is 17.2 Å². The molecule has 0 N–H and O–H groups in total. The van der Waals surface area contributed by atoms with Crippen LogP contribution in [0.25, 0.3) is 0 Å². The van der Waals surface area contributed by atoms with Gasteiger partial charge in [-0.1, -0.05) is 46.2 Å². The van der Waals surface area contributed by atoms with E-state index >= 15 is 0 Å². The molecule has 0 fully saturated rings. The van der Waals surface area contributed by atoms with Crippen molar-refractivity contribution in [2.75, 3.05) is 20.3 Å². The number of halogens is 1. The minimum Gasteiger partial charge on any atom is -0.497 e. The first-order valence-electron chi connectivity index (χ1n) is 10.3. The lowest BCUT2D eigenvalue weighted by molar-refractivity contribution is 0.284. The van der Waals surface area contributed by atoms with Gasteiger partial charge in [0.25, 0.3) is 0 Å². The van der Waals surface area contributed by atoms with Crippen LogP contribution in [0.3, 0.4) is 0 Å². The van der Waals surface area contributed by atoms with Crippen molar-refractivity contribution < 1.29 is 14.2 Å². The van der Waals surface area contributed by atoms with Gasteiger partial charge in [0.15, 0.2) is 0 Å². The molecule has 2 aromatic rings. The van der Waals surface area contributed by atoms with Gasteiger partial charge < -0.3 is 14.2 Å². The lowest BCUT2D eigenvalue weighted by Crippen LogP contribution is -2.18. The highest BCUT2D eigenvalue weighted by molar-refractivity contribution is 6.30. The molecule has 3 nitrogen and oxygen atoms in total. The van der Waals surface area contributed by atoms with Crippen LogP contribution in [0.15, 0.2) is 36.4 Å². The highest BCUT2D eigenvalue weighted by Gasteiger charge is 2.22. The molecule has 0 unspecified atom stereocenters. The second-order valence-electron chi connectivity index (χ2n) is 9.09. The first-order valence-corrected chi connectivity index (χ1v) is 10.7. The molecular formula is C25H35ClO3. The van der Waals surface area contributed by atoms with Crippen molar-refractivity contribution >= 4 is 11.6 Å². The molecule has 0 spiro atoms. The molecule has 0 aliphatic heterocycles. The van der Waals surface area contributed by atoms with E-state index in [2.05, 4.69) is 52.8 Å². The van der Waals surface area contributed by atoms with Crippen LogP contribution in [0.2, 0.25) is 5.02 Å². The van der Waals surface area contributed by atoms with Crippen molar-refractivity contribution in [2.24, 2.45) is 0 Å². The van der Waals surface area contributed by atoms with Crippen LogP contribution in [0.1, 0.15) is 65.5 Å². The molecule has 0 bridgehead atoms. The van der Waals surface area contributed by atoms with E-state index in [0.29, 0.717) is 18.2 Å². The summed E-state index contributed by atoms with van der Waals surface area (Å²) >= 11 is 6.25. The largest absolute Gasteiger partial charge is 0.497 e. The van der Waals surface area contributed by atoms with Gasteiger partial charge in [-0.15, -0.1) is 0 Å². The zero-order valence-corrected chi connectivity index (χ0v) is 19.7. The molecule has 2 aromatic carbocycles. The number of rotatable bonds is 9. The predicted molar refractivity (Wildman–Crippen MR) is 122 cm³/mol. The molecular weight excluding hydrogens is 384 g/mol. The lowest BCUT2D eigenvalue weighted by atomic mass is 9.80. The van der Waals surface area contributed by atoms with Gasteiger partial charge in [-0.2, -0.15) is 0 Å². The highest BCUT2D eigenvalue weighted by Crippen LogP contribution is 2.34. The van der Waals surface area contributed by atoms with Crippen molar-refractivity contribution in [3.63, 3.8) is 0 Å². The summed E-state index contributed by atoms with van der Waals surface area (Å²) in [5.74, 6) is 2.52. The molecule has 4 heteroatoms. The van der Waals surface area contributed by atoms with Gasteiger partial charge in [0.05, 0.1) is 20.3 Å². The second kappa shape index (κ2) is 9.75. The number of methoxy groups -OCH3 is 1. The van der Waals surface area contributed by atoms with Crippen LogP contribution in [0.4, 0.5) is 0 Å². The summed E-state index contributed by atoms with van der Waals surface area (Å²) in [5, 5.41) is 0.700. The van der Waals surface area contributed by atoms with Crippen molar-refractivity contribution in [3.8, 4) is 17.2 Å². The van der Waals surface area contributed by atoms with Gasteiger partial charge in [-0.3, -0.25) is 0 Å². The fourth-order valence-corrected chi connectivity index (χ4v) is 3.48. The third-order valence-corrected chi connectivity index (χ3v) is 5.38. The summed E-state index contributed by atoms with van der Waals surface area (Å²) in [4.78, 5) is 0. The molecule has 0 saturated carbocycles. The van der Waals surface area contributed by atoms with E-state index in [1.165, 1.54) is 11.1 Å². The molecule has 0 atom stereocenters. The Morgan fingerprint density at radius 3 is 2.00 bits per heavy atom. The average molecular weight is 419 g/mol. The summed E-state index contributed by atoms with van der Waals surface area (Å²) in [6.45, 7) is 14.3. The fraction of sp³-hybridized carbons (Fsp3) is 0.520. The van der Waals surface area contributed by atoms with Crippen LogP contribution >= 0.6 is 11.6 Å². The number of hydrogen-bond acceptors (Lipinski definition) is 3. The first kappa shape index (κ1) is 23.4. The minimum atomic E-state index is -0.0225. The molecule has 0 aliphatic carbocycles. The molecule has 0 aliphatic rings. The minimum absolute atomic E-state index is 0.0225. The van der Waals surface area contributed by atoms with Gasteiger partial charge >= 0.3 is 0 Å². The van der Waals surface area contributed by atoms with E-state index in [0.717, 1.165) is 30.1 Å². The molecule has 0 saturated heterocycles. The van der Waals surface area contributed by atoms with Gasteiger partial charge in [0.2, 0.25) is 0 Å². The van der Waals surface area contributed by atoms with Gasteiger partial charge in [-0.25, -0.2) is 0 Å². The molecule has 0 radical (unpaired) electrons. The summed E-state index contributed by atoms with van der Waals surface area (Å²) in [5.41, 5.74) is 2.41. The second-order valence-corrected chi connectivity index (χ2v) is 9.53. The quantitative estimate of drug-likeness (QED) is 0.403. The molecule has 2 rings (SSSR count). The Hall–Kier alpha value is -1.87. The van der Waals surface area contributed by atoms with Crippen LogP contribution in [0, 0.1) is 0 Å². The molecule has 160 valence electrons. The highest BCUT2D eigenvalue weighted by atomic mass is 35.5. The lowest BCUT2D eigenvalue weighted by Gasteiger charge is -2.26. The summed E-state index contributed by atoms with van der Waals surface area (Å²) < 4.78 is 17.2. The molecule has 0 aromatic heterocycles. The topological polar surface area (TPSA) is 27.7 Å². The Labute approximate surface area is 181 Å². The average Bonchev–Trinajstić information content (AvgIpc) is 2.64. The number of ether oxygens (including phenoxy) is 3. The Balaban J connectivity index is 2.02. The van der Waals surface area contributed by atoms with Crippen LogP contribution in [0.5, 0.6) is 17.2 Å². The third-order valence-electron chi connectivity index (χ3n) is 5.16. The normalized spacial score (nSPS) is 12.0. The zero-order chi connectivity index (χ0) is 21.7. The van der Waals surface area contributed by atoms with Gasteiger partial charge in [-0.05, 0) is 72.1 Å². The monoisotopic (exact) mass is 418 g/mol. The van der Waals surface area contributed by atoms with Crippen LogP contribution in [-0.2, 0) is 10.8 Å². The van der Waals surface area contributed by atoms with Crippen LogP contribution in [-0.4, -0.2) is 20.3 Å². The van der Waals surface area contributed by atoms with E-state index in [9.17, 15) is 0 Å². The SMILES string of the molecule is CCOc1cc(OCCCC(C)(C)c2cc(Cl)cc(OC)c2)cc(C(C)(C)C)c1. The van der Waals surface area contributed by atoms with E-state index in [1.807, 2.05) is 25.1 Å². The number of benzene rings is 2. The zero-order valence-electron chi connectivity index (χ0n) is 18.9. The van der Waals surface area contributed by atoms with E-state index in [1.54, 1.807) is 7.11 Å². The van der Waals surface area contributed by atoms with Crippen molar-refractivity contribution in [1.82, 2.24) is 0 Å². The third kappa shape index (κ3) is 6.85. The smallest absolute Gasteiger partial charge is 0.123 e. The standard InChI is InChI=1S/C25H35ClO3/c1-8-28-22-13-18(24(2,3)4)14-23(17-22)29-11-9-10-25(5,6)19-12-20(26)16-21(15-19)27-7/h12-17H,8-11H2,1-7H3. The van der Waals surface area contributed by atoms with Crippen molar-refractivity contribution in [3.05, 3.63) is 52.5 Å². The Kier molecular flexibility index (Phi) is 7.87. The fourth-order valence-electron chi connectivity index (χ4n) is 3.26. The van der Waals surface area contributed by atoms with Crippen molar-refractivity contribution in [2.45, 2.75) is 65.2 Å².